The zero-order valence-corrected chi connectivity index (χ0v) is 28.3. The van der Waals surface area contributed by atoms with Gasteiger partial charge in [0, 0.05) is 24.4 Å². The van der Waals surface area contributed by atoms with Crippen molar-refractivity contribution in [2.24, 2.45) is 7.05 Å². The van der Waals surface area contributed by atoms with Gasteiger partial charge in [0.1, 0.15) is 11.2 Å². The summed E-state index contributed by atoms with van der Waals surface area (Å²) in [6, 6.07) is 24.5. The Kier molecular flexibility index (Phi) is 8.93. The Morgan fingerprint density at radius 3 is 2.23 bits per heavy atom. The van der Waals surface area contributed by atoms with Gasteiger partial charge in [0.05, 0.1) is 41.8 Å². The molecule has 0 N–H and O–H groups in total. The summed E-state index contributed by atoms with van der Waals surface area (Å²) in [6.45, 7) is 8.71. The minimum atomic E-state index is -4.47. The minimum absolute atomic E-state index is 0.164. The fraction of sp³-hybridized carbons (Fsp3) is 0.243. The number of rotatable bonds is 8. The van der Waals surface area contributed by atoms with Crippen LogP contribution in [-0.4, -0.2) is 40.0 Å². The van der Waals surface area contributed by atoms with Crippen LogP contribution in [0.15, 0.2) is 108 Å². The first kappa shape index (κ1) is 33.0. The fourth-order valence-electron chi connectivity index (χ4n) is 5.71. The summed E-state index contributed by atoms with van der Waals surface area (Å²) >= 11 is 0. The minimum Gasteiger partial charge on any atom is -0.409 e. The van der Waals surface area contributed by atoms with Crippen LogP contribution >= 0.6 is 0 Å². The molecule has 0 saturated carbocycles. The van der Waals surface area contributed by atoms with E-state index in [1.165, 1.54) is 18.5 Å². The first-order valence-corrected chi connectivity index (χ1v) is 17.0. The van der Waals surface area contributed by atoms with Crippen LogP contribution in [0.2, 0.25) is 5.04 Å². The Morgan fingerprint density at radius 2 is 1.58 bits per heavy atom. The Bertz CT molecular complexity index is 2120. The highest BCUT2D eigenvalue weighted by Gasteiger charge is 2.34. The standard InChI is InChI=1S/C37H35F3N5O2Si/c1-24(22-47-48(36(2,3)4)32-14-10-9-13-29(32)25-11-7-6-8-12-25)45-23-41-34-30(35(45)46)19-31(43-33(34)27-20-42-44(5)21-27)26-15-17-28(18-16-26)37(38,39)40/h6-21,23-24H,22H2,1-5H3. The van der Waals surface area contributed by atoms with E-state index >= 15 is 0 Å². The normalized spacial score (nSPS) is 12.9. The number of hydrogen-bond acceptors (Lipinski definition) is 5. The number of aromatic nitrogens is 5. The van der Waals surface area contributed by atoms with Gasteiger partial charge < -0.3 is 4.43 Å². The van der Waals surface area contributed by atoms with E-state index in [0.717, 1.165) is 28.4 Å². The third-order valence-corrected chi connectivity index (χ3v) is 10.9. The average Bonchev–Trinajstić information content (AvgIpc) is 3.50. The molecule has 0 amide bonds. The Labute approximate surface area is 278 Å². The highest BCUT2D eigenvalue weighted by atomic mass is 28.3. The topological polar surface area (TPSA) is 74.8 Å². The molecule has 11 heteroatoms. The van der Waals surface area contributed by atoms with E-state index in [4.69, 9.17) is 9.41 Å². The van der Waals surface area contributed by atoms with Crippen LogP contribution in [-0.2, 0) is 17.6 Å². The number of aryl methyl sites for hydroxylation is 1. The van der Waals surface area contributed by atoms with Crippen molar-refractivity contribution in [1.29, 1.82) is 0 Å². The molecule has 245 valence electrons. The van der Waals surface area contributed by atoms with Gasteiger partial charge in [-0.2, -0.15) is 18.3 Å². The molecule has 7 nitrogen and oxygen atoms in total. The molecule has 6 rings (SSSR count). The van der Waals surface area contributed by atoms with Crippen LogP contribution in [0.1, 0.15) is 39.3 Å². The van der Waals surface area contributed by atoms with Gasteiger partial charge in [0.2, 0.25) is 0 Å². The molecule has 6 aromatic rings. The maximum absolute atomic E-state index is 14.2. The van der Waals surface area contributed by atoms with E-state index in [0.29, 0.717) is 33.4 Å². The lowest BCUT2D eigenvalue weighted by Gasteiger charge is -2.31. The van der Waals surface area contributed by atoms with Gasteiger partial charge in [0.15, 0.2) is 0 Å². The summed E-state index contributed by atoms with van der Waals surface area (Å²) in [5.41, 5.74) is 3.40. The summed E-state index contributed by atoms with van der Waals surface area (Å²) in [4.78, 5) is 23.6. The SMILES string of the molecule is CC(CO[Si](c1ccccc1-c1ccccc1)C(C)(C)C)n1cnc2c(-c3cnn(C)c3)nc(-c3ccc(C(F)(F)F)cc3)cc2c1=O. The van der Waals surface area contributed by atoms with Crippen molar-refractivity contribution < 1.29 is 17.6 Å². The van der Waals surface area contributed by atoms with Gasteiger partial charge in [-0.25, -0.2) is 9.97 Å². The van der Waals surface area contributed by atoms with E-state index in [2.05, 4.69) is 55.1 Å². The maximum Gasteiger partial charge on any atom is 0.416 e. The molecule has 1 radical (unpaired) electrons. The number of hydrogen-bond donors (Lipinski definition) is 0. The Balaban J connectivity index is 1.38. The van der Waals surface area contributed by atoms with Crippen molar-refractivity contribution in [3.8, 4) is 33.6 Å². The van der Waals surface area contributed by atoms with E-state index in [9.17, 15) is 18.0 Å². The van der Waals surface area contributed by atoms with E-state index in [1.54, 1.807) is 34.8 Å². The Hall–Kier alpha value is -4.87. The van der Waals surface area contributed by atoms with Crippen LogP contribution in [0.25, 0.3) is 44.5 Å². The average molecular weight is 667 g/mol. The van der Waals surface area contributed by atoms with Crippen LogP contribution in [0.3, 0.4) is 0 Å². The molecular formula is C37H35F3N5O2Si. The second-order valence-electron chi connectivity index (χ2n) is 12.8. The molecule has 48 heavy (non-hydrogen) atoms. The molecule has 0 fully saturated rings. The lowest BCUT2D eigenvalue weighted by Crippen LogP contribution is -2.44. The van der Waals surface area contributed by atoms with Gasteiger partial charge in [-0.3, -0.25) is 14.0 Å². The predicted octanol–water partition coefficient (Wildman–Crippen LogP) is 7.82. The monoisotopic (exact) mass is 666 g/mol. The lowest BCUT2D eigenvalue weighted by molar-refractivity contribution is -0.137. The summed E-state index contributed by atoms with van der Waals surface area (Å²) in [7, 11) is 0.160. The number of pyridine rings is 1. The van der Waals surface area contributed by atoms with Crippen molar-refractivity contribution in [2.45, 2.75) is 45.0 Å². The molecule has 0 saturated heterocycles. The first-order chi connectivity index (χ1) is 22.8. The summed E-state index contributed by atoms with van der Waals surface area (Å²) < 4.78 is 49.8. The quantitative estimate of drug-likeness (QED) is 0.155. The molecule has 3 aromatic carbocycles. The van der Waals surface area contributed by atoms with Gasteiger partial charge in [-0.15, -0.1) is 0 Å². The molecule has 0 spiro atoms. The lowest BCUT2D eigenvalue weighted by atomic mass is 10.0. The van der Waals surface area contributed by atoms with Gasteiger partial charge in [-0.1, -0.05) is 87.5 Å². The number of alkyl halides is 3. The van der Waals surface area contributed by atoms with Crippen molar-refractivity contribution >= 4 is 25.1 Å². The Morgan fingerprint density at radius 1 is 0.896 bits per heavy atom. The summed E-state index contributed by atoms with van der Waals surface area (Å²) in [6.07, 6.45) is 0.417. The van der Waals surface area contributed by atoms with Crippen LogP contribution < -0.4 is 10.7 Å². The maximum atomic E-state index is 14.2. The molecule has 0 aliphatic carbocycles. The number of benzene rings is 3. The molecule has 1 unspecified atom stereocenters. The zero-order chi connectivity index (χ0) is 34.2. The predicted molar refractivity (Wildman–Crippen MR) is 184 cm³/mol. The zero-order valence-electron chi connectivity index (χ0n) is 27.3. The molecule has 3 aromatic heterocycles. The van der Waals surface area contributed by atoms with Crippen molar-refractivity contribution in [2.75, 3.05) is 6.61 Å². The van der Waals surface area contributed by atoms with Gasteiger partial charge in [0.25, 0.3) is 14.6 Å². The molecule has 0 aliphatic heterocycles. The van der Waals surface area contributed by atoms with E-state index in [-0.39, 0.29) is 23.2 Å². The van der Waals surface area contributed by atoms with Crippen LogP contribution in [0.4, 0.5) is 13.2 Å². The molecule has 0 aliphatic rings. The van der Waals surface area contributed by atoms with Gasteiger partial charge in [-0.05, 0) is 46.5 Å². The number of fused-ring (bicyclic) bond motifs is 1. The summed E-state index contributed by atoms with van der Waals surface area (Å²) in [5.74, 6) is 0. The van der Waals surface area contributed by atoms with Crippen molar-refractivity contribution in [3.63, 3.8) is 0 Å². The van der Waals surface area contributed by atoms with Crippen LogP contribution in [0, 0.1) is 0 Å². The largest absolute Gasteiger partial charge is 0.416 e. The van der Waals surface area contributed by atoms with Crippen LogP contribution in [0.5, 0.6) is 0 Å². The highest BCUT2D eigenvalue weighted by molar-refractivity contribution is 6.71. The number of nitrogens with zero attached hydrogens (tertiary/aromatic N) is 5. The third-order valence-electron chi connectivity index (χ3n) is 8.14. The van der Waals surface area contributed by atoms with Crippen molar-refractivity contribution in [3.05, 3.63) is 120 Å². The second kappa shape index (κ2) is 13.0. The summed E-state index contributed by atoms with van der Waals surface area (Å²) in [5, 5.41) is 5.54. The molecular weight excluding hydrogens is 632 g/mol. The highest BCUT2D eigenvalue weighted by Crippen LogP contribution is 2.34. The number of halogens is 3. The molecule has 1 atom stereocenters. The van der Waals surface area contributed by atoms with E-state index < -0.39 is 20.8 Å². The fourth-order valence-corrected chi connectivity index (χ4v) is 8.24. The van der Waals surface area contributed by atoms with Gasteiger partial charge >= 0.3 is 6.18 Å². The molecule has 0 bridgehead atoms. The third kappa shape index (κ3) is 6.74. The van der Waals surface area contributed by atoms with Crippen molar-refractivity contribution in [1.82, 2.24) is 24.3 Å². The smallest absolute Gasteiger partial charge is 0.409 e. The van der Waals surface area contributed by atoms with E-state index in [1.807, 2.05) is 37.3 Å². The molecule has 3 heterocycles. The second-order valence-corrected chi connectivity index (χ2v) is 15.8. The first-order valence-electron chi connectivity index (χ1n) is 15.5.